The summed E-state index contributed by atoms with van der Waals surface area (Å²) >= 11 is 14.0. The van der Waals surface area contributed by atoms with Gasteiger partial charge in [0.1, 0.15) is 0 Å². The number of thioether (sulfide) groups is 1. The van der Waals surface area contributed by atoms with E-state index in [2.05, 4.69) is 0 Å². The van der Waals surface area contributed by atoms with Crippen molar-refractivity contribution in [2.45, 2.75) is 23.5 Å². The number of carbonyl (C=O) groups is 1. The average Bonchev–Trinajstić information content (AvgIpc) is 3.09. The largest absolute Gasteiger partial charge is 0.339 e. The van der Waals surface area contributed by atoms with Gasteiger partial charge in [-0.1, -0.05) is 41.4 Å². The Morgan fingerprint density at radius 1 is 1.00 bits per heavy atom. The number of carbonyl (C=O) groups excluding carboxylic acids is 1. The second kappa shape index (κ2) is 7.61. The highest BCUT2D eigenvalue weighted by atomic mass is 35.5. The highest BCUT2D eigenvalue weighted by Crippen LogP contribution is 2.35. The quantitative estimate of drug-likeness (QED) is 0.664. The molecule has 0 radical (unpaired) electrons. The van der Waals surface area contributed by atoms with Crippen LogP contribution in [-0.2, 0) is 5.75 Å². The van der Waals surface area contributed by atoms with Crippen LogP contribution in [0.25, 0.3) is 0 Å². The predicted octanol–water partition coefficient (Wildman–Crippen LogP) is 5.52. The maximum absolute atomic E-state index is 12.3. The normalized spacial score (nSPS) is 14.3. The minimum Gasteiger partial charge on any atom is -0.339 e. The van der Waals surface area contributed by atoms with Gasteiger partial charge in [0.2, 0.25) is 0 Å². The molecule has 1 aliphatic rings. The van der Waals surface area contributed by atoms with E-state index >= 15 is 0 Å². The molecule has 1 saturated heterocycles. The number of hydrogen-bond donors (Lipinski definition) is 0. The fourth-order valence-electron chi connectivity index (χ4n) is 2.62. The molecule has 1 amide bonds. The Balaban J connectivity index is 1.64. The zero-order chi connectivity index (χ0) is 16.2. The molecular weight excluding hydrogens is 349 g/mol. The van der Waals surface area contributed by atoms with Crippen molar-refractivity contribution in [3.63, 3.8) is 0 Å². The van der Waals surface area contributed by atoms with Crippen molar-refractivity contribution in [2.24, 2.45) is 0 Å². The van der Waals surface area contributed by atoms with Gasteiger partial charge in [0.25, 0.3) is 5.91 Å². The second-order valence-corrected chi connectivity index (χ2v) is 7.34. The van der Waals surface area contributed by atoms with Gasteiger partial charge in [-0.15, -0.1) is 11.8 Å². The molecule has 0 unspecified atom stereocenters. The lowest BCUT2D eigenvalue weighted by Crippen LogP contribution is -2.27. The van der Waals surface area contributed by atoms with Gasteiger partial charge in [-0.25, -0.2) is 0 Å². The molecule has 1 aliphatic heterocycles. The SMILES string of the molecule is O=C(c1ccc(CSc2c(Cl)cccc2Cl)cc1)N1CCCC1. The molecule has 0 saturated carbocycles. The number of amides is 1. The molecule has 1 fully saturated rings. The molecule has 0 bridgehead atoms. The van der Waals surface area contributed by atoms with Crippen LogP contribution in [0.2, 0.25) is 10.0 Å². The Morgan fingerprint density at radius 3 is 2.22 bits per heavy atom. The summed E-state index contributed by atoms with van der Waals surface area (Å²) in [5.74, 6) is 0.901. The summed E-state index contributed by atoms with van der Waals surface area (Å²) in [5.41, 5.74) is 1.90. The number of hydrogen-bond acceptors (Lipinski definition) is 2. The first-order chi connectivity index (χ1) is 11.1. The molecule has 3 rings (SSSR count). The van der Waals surface area contributed by atoms with Crippen molar-refractivity contribution in [1.29, 1.82) is 0 Å². The van der Waals surface area contributed by atoms with Gasteiger partial charge in [-0.05, 0) is 42.7 Å². The lowest BCUT2D eigenvalue weighted by atomic mass is 10.1. The first-order valence-corrected chi connectivity index (χ1v) is 9.34. The molecule has 0 aliphatic carbocycles. The Kier molecular flexibility index (Phi) is 5.52. The maximum Gasteiger partial charge on any atom is 0.253 e. The summed E-state index contributed by atoms with van der Waals surface area (Å²) in [6.45, 7) is 1.75. The van der Waals surface area contributed by atoms with Gasteiger partial charge >= 0.3 is 0 Å². The Labute approximate surface area is 150 Å². The standard InChI is InChI=1S/C18H17Cl2NOS/c19-15-4-3-5-16(20)17(15)23-12-13-6-8-14(9-7-13)18(22)21-10-1-2-11-21/h3-9H,1-2,10-12H2. The van der Waals surface area contributed by atoms with Crippen LogP contribution in [0, 0.1) is 0 Å². The van der Waals surface area contributed by atoms with E-state index in [1.54, 1.807) is 11.8 Å². The summed E-state index contributed by atoms with van der Waals surface area (Å²) in [7, 11) is 0. The van der Waals surface area contributed by atoms with E-state index in [1.165, 1.54) is 0 Å². The molecular formula is C18H17Cl2NOS. The molecule has 2 nitrogen and oxygen atoms in total. The van der Waals surface area contributed by atoms with Crippen LogP contribution >= 0.6 is 35.0 Å². The van der Waals surface area contributed by atoms with E-state index < -0.39 is 0 Å². The minimum atomic E-state index is 0.135. The average molecular weight is 366 g/mol. The molecule has 1 heterocycles. The molecule has 120 valence electrons. The fraction of sp³-hybridized carbons (Fsp3) is 0.278. The molecule has 2 aromatic carbocycles. The van der Waals surface area contributed by atoms with Crippen molar-refractivity contribution in [2.75, 3.05) is 13.1 Å². The highest BCUT2D eigenvalue weighted by Gasteiger charge is 2.19. The first kappa shape index (κ1) is 16.7. The van der Waals surface area contributed by atoms with Crippen molar-refractivity contribution in [3.8, 4) is 0 Å². The van der Waals surface area contributed by atoms with Crippen LogP contribution in [0.15, 0.2) is 47.4 Å². The van der Waals surface area contributed by atoms with Crippen molar-refractivity contribution in [3.05, 3.63) is 63.6 Å². The molecule has 0 spiro atoms. The third-order valence-corrected chi connectivity index (χ3v) is 5.96. The number of benzene rings is 2. The Morgan fingerprint density at radius 2 is 1.61 bits per heavy atom. The summed E-state index contributed by atoms with van der Waals surface area (Å²) in [6.07, 6.45) is 2.22. The lowest BCUT2D eigenvalue weighted by Gasteiger charge is -2.15. The topological polar surface area (TPSA) is 20.3 Å². The molecule has 0 aromatic heterocycles. The van der Waals surface area contributed by atoms with E-state index in [9.17, 15) is 4.79 Å². The van der Waals surface area contributed by atoms with E-state index in [0.29, 0.717) is 10.0 Å². The van der Waals surface area contributed by atoms with Gasteiger partial charge in [0.05, 0.1) is 10.0 Å². The second-order valence-electron chi connectivity index (χ2n) is 5.54. The summed E-state index contributed by atoms with van der Waals surface area (Å²) in [5, 5.41) is 1.34. The third-order valence-electron chi connectivity index (χ3n) is 3.90. The van der Waals surface area contributed by atoms with Crippen LogP contribution in [-0.4, -0.2) is 23.9 Å². The number of nitrogens with zero attached hydrogens (tertiary/aromatic N) is 1. The van der Waals surface area contributed by atoms with E-state index in [-0.39, 0.29) is 5.91 Å². The third kappa shape index (κ3) is 4.03. The lowest BCUT2D eigenvalue weighted by molar-refractivity contribution is 0.0793. The predicted molar refractivity (Wildman–Crippen MR) is 97.6 cm³/mol. The van der Waals surface area contributed by atoms with Crippen LogP contribution in [0.4, 0.5) is 0 Å². The van der Waals surface area contributed by atoms with Crippen molar-refractivity contribution >= 4 is 40.9 Å². The Bertz CT molecular complexity index is 676. The zero-order valence-corrected chi connectivity index (χ0v) is 14.9. The van der Waals surface area contributed by atoms with Crippen LogP contribution < -0.4 is 0 Å². The highest BCUT2D eigenvalue weighted by molar-refractivity contribution is 7.98. The van der Waals surface area contributed by atoms with Crippen LogP contribution in [0.3, 0.4) is 0 Å². The van der Waals surface area contributed by atoms with E-state index in [0.717, 1.165) is 47.7 Å². The molecule has 23 heavy (non-hydrogen) atoms. The first-order valence-electron chi connectivity index (χ1n) is 7.60. The number of rotatable bonds is 4. The van der Waals surface area contributed by atoms with E-state index in [4.69, 9.17) is 23.2 Å². The van der Waals surface area contributed by atoms with Gasteiger partial charge in [-0.3, -0.25) is 4.79 Å². The number of likely N-dealkylation sites (tertiary alicyclic amines) is 1. The van der Waals surface area contributed by atoms with Crippen LogP contribution in [0.1, 0.15) is 28.8 Å². The van der Waals surface area contributed by atoms with Crippen molar-refractivity contribution < 1.29 is 4.79 Å². The summed E-state index contributed by atoms with van der Waals surface area (Å²) in [4.78, 5) is 15.1. The van der Waals surface area contributed by atoms with Gasteiger partial charge < -0.3 is 4.90 Å². The van der Waals surface area contributed by atoms with Crippen LogP contribution in [0.5, 0.6) is 0 Å². The zero-order valence-electron chi connectivity index (χ0n) is 12.6. The van der Waals surface area contributed by atoms with Gasteiger partial charge in [-0.2, -0.15) is 0 Å². The van der Waals surface area contributed by atoms with Crippen molar-refractivity contribution in [1.82, 2.24) is 4.90 Å². The maximum atomic E-state index is 12.3. The van der Waals surface area contributed by atoms with Gasteiger partial charge in [0.15, 0.2) is 0 Å². The smallest absolute Gasteiger partial charge is 0.253 e. The van der Waals surface area contributed by atoms with E-state index in [1.807, 2.05) is 47.4 Å². The monoisotopic (exact) mass is 365 g/mol. The molecule has 5 heteroatoms. The minimum absolute atomic E-state index is 0.135. The molecule has 0 N–H and O–H groups in total. The molecule has 0 atom stereocenters. The fourth-order valence-corrected chi connectivity index (χ4v) is 4.26. The number of halogens is 2. The summed E-state index contributed by atoms with van der Waals surface area (Å²) in [6, 6.07) is 13.3. The Hall–Kier alpha value is -1.16. The van der Waals surface area contributed by atoms with Gasteiger partial charge in [0, 0.05) is 29.3 Å². The summed E-state index contributed by atoms with van der Waals surface area (Å²) < 4.78 is 0. The molecule has 2 aromatic rings.